The standard InChI is InChI=1S/C22H23FN6O/c1-13-9-17(23)21(24-12-13)27-18-10-15-11-20(18)28(14(15)2)22(30)16-5-3-4-6-19(16)29-25-7-8-26-29/h3-9,12,14-15,18,20H,10-11H2,1-2H3,(H,24,27). The minimum Gasteiger partial charge on any atom is -0.363 e. The Morgan fingerprint density at radius 1 is 1.20 bits per heavy atom. The number of pyridine rings is 1. The molecule has 4 unspecified atom stereocenters. The molecular weight excluding hydrogens is 383 g/mol. The SMILES string of the molecule is Cc1cnc(NC2CC3CC2N(C(=O)c2ccccc2-n2nccn2)C3C)c(F)c1. The predicted octanol–water partition coefficient (Wildman–Crippen LogP) is 3.21. The number of fused-ring (bicyclic) bond motifs is 2. The predicted molar refractivity (Wildman–Crippen MR) is 110 cm³/mol. The molecule has 2 aromatic heterocycles. The Bertz CT molecular complexity index is 1080. The Morgan fingerprint density at radius 3 is 2.70 bits per heavy atom. The highest BCUT2D eigenvalue weighted by Gasteiger charge is 2.51. The van der Waals surface area contributed by atoms with Crippen LogP contribution in [0.5, 0.6) is 0 Å². The lowest BCUT2D eigenvalue weighted by Gasteiger charge is -2.38. The largest absolute Gasteiger partial charge is 0.363 e. The number of nitrogens with zero attached hydrogens (tertiary/aromatic N) is 5. The highest BCUT2D eigenvalue weighted by molar-refractivity contribution is 5.98. The number of aryl methyl sites for hydroxylation is 1. The molecule has 8 heteroatoms. The number of aromatic nitrogens is 4. The number of halogens is 1. The van der Waals surface area contributed by atoms with E-state index in [0.29, 0.717) is 17.2 Å². The van der Waals surface area contributed by atoms with E-state index in [2.05, 4.69) is 27.4 Å². The zero-order valence-electron chi connectivity index (χ0n) is 16.9. The summed E-state index contributed by atoms with van der Waals surface area (Å²) in [5.74, 6) is 0.213. The van der Waals surface area contributed by atoms with Gasteiger partial charge in [0.15, 0.2) is 11.6 Å². The van der Waals surface area contributed by atoms with Gasteiger partial charge in [0, 0.05) is 18.3 Å². The summed E-state index contributed by atoms with van der Waals surface area (Å²) >= 11 is 0. The van der Waals surface area contributed by atoms with Crippen LogP contribution in [0.2, 0.25) is 0 Å². The van der Waals surface area contributed by atoms with E-state index in [1.165, 1.54) is 10.9 Å². The van der Waals surface area contributed by atoms with Crippen molar-refractivity contribution < 1.29 is 9.18 Å². The second-order valence-corrected chi connectivity index (χ2v) is 8.18. The Morgan fingerprint density at radius 2 is 1.97 bits per heavy atom. The summed E-state index contributed by atoms with van der Waals surface area (Å²) in [4.78, 5) is 21.2. The summed E-state index contributed by atoms with van der Waals surface area (Å²) in [6.07, 6.45) is 6.63. The van der Waals surface area contributed by atoms with Crippen molar-refractivity contribution in [3.8, 4) is 5.69 Å². The molecule has 2 fully saturated rings. The average Bonchev–Trinajstić information content (AvgIpc) is 3.47. The van der Waals surface area contributed by atoms with Gasteiger partial charge in [0.05, 0.1) is 29.7 Å². The number of carbonyl (C=O) groups is 1. The van der Waals surface area contributed by atoms with Gasteiger partial charge in [-0.15, -0.1) is 0 Å². The van der Waals surface area contributed by atoms with Crippen LogP contribution in [0.15, 0.2) is 48.9 Å². The third-order valence-corrected chi connectivity index (χ3v) is 6.35. The molecule has 1 N–H and O–H groups in total. The second-order valence-electron chi connectivity index (χ2n) is 8.18. The van der Waals surface area contributed by atoms with Gasteiger partial charge in [-0.1, -0.05) is 12.1 Å². The minimum atomic E-state index is -0.362. The van der Waals surface area contributed by atoms with Gasteiger partial charge in [-0.05, 0) is 56.4 Å². The Balaban J connectivity index is 1.43. The first-order chi connectivity index (χ1) is 14.5. The molecule has 1 aliphatic carbocycles. The lowest BCUT2D eigenvalue weighted by molar-refractivity contribution is 0.0598. The van der Waals surface area contributed by atoms with E-state index in [4.69, 9.17) is 0 Å². The topological polar surface area (TPSA) is 75.9 Å². The number of amides is 1. The van der Waals surface area contributed by atoms with Crippen LogP contribution >= 0.6 is 0 Å². The third kappa shape index (κ3) is 3.03. The van der Waals surface area contributed by atoms with E-state index in [0.717, 1.165) is 18.4 Å². The molecule has 1 amide bonds. The van der Waals surface area contributed by atoms with Crippen LogP contribution in [0.4, 0.5) is 10.2 Å². The quantitative estimate of drug-likeness (QED) is 0.720. The summed E-state index contributed by atoms with van der Waals surface area (Å²) in [6.45, 7) is 3.91. The Hall–Kier alpha value is -3.29. The van der Waals surface area contributed by atoms with Crippen molar-refractivity contribution in [1.82, 2.24) is 24.9 Å². The van der Waals surface area contributed by atoms with Gasteiger partial charge in [0.1, 0.15) is 0 Å². The van der Waals surface area contributed by atoms with Gasteiger partial charge in [0.25, 0.3) is 5.91 Å². The van der Waals surface area contributed by atoms with Crippen LogP contribution in [0.1, 0.15) is 35.7 Å². The van der Waals surface area contributed by atoms with Crippen LogP contribution in [0.3, 0.4) is 0 Å². The van der Waals surface area contributed by atoms with Crippen molar-refractivity contribution in [3.05, 3.63) is 65.9 Å². The van der Waals surface area contributed by atoms with Gasteiger partial charge in [-0.2, -0.15) is 15.0 Å². The second kappa shape index (κ2) is 7.19. The number of hydrogen-bond acceptors (Lipinski definition) is 5. The normalized spacial score (nSPS) is 25.0. The summed E-state index contributed by atoms with van der Waals surface area (Å²) in [5.41, 5.74) is 1.99. The molecule has 1 aromatic carbocycles. The fraction of sp³-hybridized carbons (Fsp3) is 0.364. The molecule has 2 bridgehead atoms. The fourth-order valence-electron chi connectivity index (χ4n) is 4.90. The maximum absolute atomic E-state index is 14.3. The van der Waals surface area contributed by atoms with Crippen LogP contribution in [-0.4, -0.2) is 48.9 Å². The Labute approximate surface area is 173 Å². The summed E-state index contributed by atoms with van der Waals surface area (Å²) in [6, 6.07) is 8.91. The first kappa shape index (κ1) is 18.7. The molecule has 30 heavy (non-hydrogen) atoms. The monoisotopic (exact) mass is 406 g/mol. The highest BCUT2D eigenvalue weighted by Crippen LogP contribution is 2.44. The summed E-state index contributed by atoms with van der Waals surface area (Å²) < 4.78 is 14.3. The van der Waals surface area contributed by atoms with Crippen molar-refractivity contribution in [2.75, 3.05) is 5.32 Å². The van der Waals surface area contributed by atoms with Crippen molar-refractivity contribution in [1.29, 1.82) is 0 Å². The number of carbonyl (C=O) groups excluding carboxylic acids is 1. The van der Waals surface area contributed by atoms with Crippen LogP contribution in [0, 0.1) is 18.7 Å². The van der Waals surface area contributed by atoms with Gasteiger partial charge in [-0.25, -0.2) is 9.37 Å². The molecule has 3 aromatic rings. The van der Waals surface area contributed by atoms with E-state index < -0.39 is 0 Å². The third-order valence-electron chi connectivity index (χ3n) is 6.35. The van der Waals surface area contributed by atoms with E-state index in [1.54, 1.807) is 18.6 Å². The number of hydrogen-bond donors (Lipinski definition) is 1. The van der Waals surface area contributed by atoms with Crippen molar-refractivity contribution in [2.45, 2.75) is 44.8 Å². The molecule has 3 heterocycles. The first-order valence-electron chi connectivity index (χ1n) is 10.2. The van der Waals surface area contributed by atoms with Gasteiger partial charge in [0.2, 0.25) is 0 Å². The summed E-state index contributed by atoms with van der Waals surface area (Å²) in [5, 5.41) is 11.6. The number of benzene rings is 1. The number of nitrogens with one attached hydrogen (secondary N) is 1. The number of anilines is 1. The smallest absolute Gasteiger partial charge is 0.256 e. The summed E-state index contributed by atoms with van der Waals surface area (Å²) in [7, 11) is 0. The van der Waals surface area contributed by atoms with Gasteiger partial charge in [-0.3, -0.25) is 4.79 Å². The Kier molecular flexibility index (Phi) is 4.49. The number of likely N-dealkylation sites (tertiary alicyclic amines) is 1. The molecule has 1 aliphatic heterocycles. The van der Waals surface area contributed by atoms with Crippen molar-refractivity contribution in [2.24, 2.45) is 5.92 Å². The molecule has 1 saturated carbocycles. The van der Waals surface area contributed by atoms with Crippen molar-refractivity contribution in [3.63, 3.8) is 0 Å². The number of piperidine rings is 1. The van der Waals surface area contributed by atoms with E-state index >= 15 is 0 Å². The maximum atomic E-state index is 14.3. The zero-order chi connectivity index (χ0) is 20.8. The molecule has 4 atom stereocenters. The molecule has 154 valence electrons. The first-order valence-corrected chi connectivity index (χ1v) is 10.2. The van der Waals surface area contributed by atoms with E-state index in [-0.39, 0.29) is 35.7 Å². The van der Waals surface area contributed by atoms with E-state index in [9.17, 15) is 9.18 Å². The molecule has 5 rings (SSSR count). The number of rotatable bonds is 4. The van der Waals surface area contributed by atoms with Gasteiger partial charge < -0.3 is 10.2 Å². The molecule has 0 spiro atoms. The van der Waals surface area contributed by atoms with Crippen LogP contribution < -0.4 is 5.32 Å². The molecule has 7 nitrogen and oxygen atoms in total. The van der Waals surface area contributed by atoms with Gasteiger partial charge >= 0.3 is 0 Å². The zero-order valence-corrected chi connectivity index (χ0v) is 16.9. The molecule has 0 radical (unpaired) electrons. The molecule has 1 saturated heterocycles. The molecule has 2 aliphatic rings. The highest BCUT2D eigenvalue weighted by atomic mass is 19.1. The van der Waals surface area contributed by atoms with Crippen LogP contribution in [-0.2, 0) is 0 Å². The lowest BCUT2D eigenvalue weighted by atomic mass is 9.96. The van der Waals surface area contributed by atoms with Crippen molar-refractivity contribution >= 4 is 11.7 Å². The lowest BCUT2D eigenvalue weighted by Crippen LogP contribution is -2.51. The fourth-order valence-corrected chi connectivity index (χ4v) is 4.90. The maximum Gasteiger partial charge on any atom is 0.256 e. The minimum absolute atomic E-state index is 0.0151. The average molecular weight is 406 g/mol. The number of para-hydroxylation sites is 1. The van der Waals surface area contributed by atoms with Crippen LogP contribution in [0.25, 0.3) is 5.69 Å². The molecular formula is C22H23FN6O. The van der Waals surface area contributed by atoms with E-state index in [1.807, 2.05) is 36.1 Å².